The van der Waals surface area contributed by atoms with Crippen molar-refractivity contribution in [1.29, 1.82) is 0 Å². The molecule has 1 aliphatic heterocycles. The van der Waals surface area contributed by atoms with Crippen LogP contribution in [0.5, 0.6) is 0 Å². The van der Waals surface area contributed by atoms with E-state index in [1.807, 2.05) is 11.3 Å². The number of rotatable bonds is 4. The predicted octanol–water partition coefficient (Wildman–Crippen LogP) is 5.97. The van der Waals surface area contributed by atoms with Gasteiger partial charge in [0, 0.05) is 34.6 Å². The lowest BCUT2D eigenvalue weighted by atomic mass is 9.98. The van der Waals surface area contributed by atoms with Gasteiger partial charge in [-0.3, -0.25) is 0 Å². The second-order valence-corrected chi connectivity index (χ2v) is 9.07. The van der Waals surface area contributed by atoms with Crippen LogP contribution in [0.2, 0.25) is 0 Å². The summed E-state index contributed by atoms with van der Waals surface area (Å²) >= 11 is 1.90. The highest BCUT2D eigenvalue weighted by molar-refractivity contribution is 7.12. The van der Waals surface area contributed by atoms with Gasteiger partial charge in [0.05, 0.1) is 10.7 Å². The summed E-state index contributed by atoms with van der Waals surface area (Å²) in [5, 5.41) is 1.25. The first-order chi connectivity index (χ1) is 11.4. The van der Waals surface area contributed by atoms with Crippen LogP contribution in [0.15, 0.2) is 18.2 Å². The second kappa shape index (κ2) is 6.87. The lowest BCUT2D eigenvalue weighted by Gasteiger charge is -2.20. The SMILES string of the molecule is CCCc1sc(C(C)(C)C)nc1-c1ccc(N2CCCC2)c(C)c1. The van der Waals surface area contributed by atoms with Crippen molar-refractivity contribution in [3.63, 3.8) is 0 Å². The van der Waals surface area contributed by atoms with Crippen molar-refractivity contribution in [1.82, 2.24) is 4.98 Å². The Kier molecular flexibility index (Phi) is 5.00. The molecule has 2 heterocycles. The molecule has 2 nitrogen and oxygen atoms in total. The summed E-state index contributed by atoms with van der Waals surface area (Å²) in [6, 6.07) is 6.93. The summed E-state index contributed by atoms with van der Waals surface area (Å²) in [6.45, 7) is 13.7. The highest BCUT2D eigenvalue weighted by Gasteiger charge is 2.22. The molecule has 1 fully saturated rings. The van der Waals surface area contributed by atoms with Crippen molar-refractivity contribution in [3.8, 4) is 11.3 Å². The Bertz CT molecular complexity index is 703. The first-order valence-electron chi connectivity index (χ1n) is 9.26. The van der Waals surface area contributed by atoms with Crippen LogP contribution in [0, 0.1) is 6.92 Å². The van der Waals surface area contributed by atoms with Crippen molar-refractivity contribution in [2.45, 2.75) is 65.7 Å². The first-order valence-corrected chi connectivity index (χ1v) is 10.1. The molecular formula is C21H30N2S. The van der Waals surface area contributed by atoms with Gasteiger partial charge in [-0.05, 0) is 43.9 Å². The van der Waals surface area contributed by atoms with Crippen LogP contribution in [0.25, 0.3) is 11.3 Å². The van der Waals surface area contributed by atoms with Crippen molar-refractivity contribution in [3.05, 3.63) is 33.6 Å². The Morgan fingerprint density at radius 1 is 1.17 bits per heavy atom. The number of nitrogens with zero attached hydrogens (tertiary/aromatic N) is 2. The zero-order chi connectivity index (χ0) is 17.3. The van der Waals surface area contributed by atoms with Gasteiger partial charge < -0.3 is 4.90 Å². The van der Waals surface area contributed by atoms with E-state index < -0.39 is 0 Å². The Morgan fingerprint density at radius 3 is 2.46 bits per heavy atom. The largest absolute Gasteiger partial charge is 0.371 e. The first kappa shape index (κ1) is 17.5. The quantitative estimate of drug-likeness (QED) is 0.680. The van der Waals surface area contributed by atoms with Crippen LogP contribution in [-0.4, -0.2) is 18.1 Å². The highest BCUT2D eigenvalue weighted by Crippen LogP contribution is 2.37. The van der Waals surface area contributed by atoms with E-state index in [-0.39, 0.29) is 5.41 Å². The number of anilines is 1. The normalized spacial score (nSPS) is 15.3. The molecule has 0 atom stereocenters. The second-order valence-electron chi connectivity index (χ2n) is 7.99. The monoisotopic (exact) mass is 342 g/mol. The molecule has 0 amide bonds. The van der Waals surface area contributed by atoms with Gasteiger partial charge in [0.15, 0.2) is 0 Å². The molecule has 0 unspecified atom stereocenters. The number of thiazole rings is 1. The third-order valence-electron chi connectivity index (χ3n) is 4.73. The average molecular weight is 343 g/mol. The highest BCUT2D eigenvalue weighted by atomic mass is 32.1. The molecule has 3 rings (SSSR count). The van der Waals surface area contributed by atoms with Gasteiger partial charge in [-0.1, -0.05) is 40.2 Å². The lowest BCUT2D eigenvalue weighted by Crippen LogP contribution is -2.18. The Balaban J connectivity index is 1.98. The van der Waals surface area contributed by atoms with E-state index in [9.17, 15) is 0 Å². The third-order valence-corrected chi connectivity index (χ3v) is 6.27. The zero-order valence-electron chi connectivity index (χ0n) is 15.8. The lowest BCUT2D eigenvalue weighted by molar-refractivity contribution is 0.586. The molecule has 0 bridgehead atoms. The van der Waals surface area contributed by atoms with Crippen molar-refractivity contribution < 1.29 is 0 Å². The topological polar surface area (TPSA) is 16.1 Å². The smallest absolute Gasteiger partial charge is 0.0988 e. The van der Waals surface area contributed by atoms with E-state index >= 15 is 0 Å². The summed E-state index contributed by atoms with van der Waals surface area (Å²) in [5.41, 5.74) is 5.39. The summed E-state index contributed by atoms with van der Waals surface area (Å²) in [4.78, 5) is 9.01. The summed E-state index contributed by atoms with van der Waals surface area (Å²) < 4.78 is 0. The standard InChI is InChI=1S/C21H30N2S/c1-6-9-18-19(22-20(24-18)21(3,4)5)16-10-11-17(15(2)14-16)23-12-7-8-13-23/h10-11,14H,6-9,12-13H2,1-5H3. The van der Waals surface area contributed by atoms with Gasteiger partial charge in [-0.15, -0.1) is 11.3 Å². The maximum atomic E-state index is 5.04. The fourth-order valence-corrected chi connectivity index (χ4v) is 4.65. The van der Waals surface area contributed by atoms with Crippen molar-refractivity contribution in [2.24, 2.45) is 0 Å². The minimum Gasteiger partial charge on any atom is -0.371 e. The van der Waals surface area contributed by atoms with Gasteiger partial charge >= 0.3 is 0 Å². The molecule has 1 saturated heterocycles. The number of hydrogen-bond acceptors (Lipinski definition) is 3. The van der Waals surface area contributed by atoms with Crippen LogP contribution in [0.4, 0.5) is 5.69 Å². The molecule has 0 aliphatic carbocycles. The Labute approximate surface area is 150 Å². The fourth-order valence-electron chi connectivity index (χ4n) is 3.41. The summed E-state index contributed by atoms with van der Waals surface area (Å²) in [5.74, 6) is 0. The Morgan fingerprint density at radius 2 is 1.88 bits per heavy atom. The molecule has 0 saturated carbocycles. The average Bonchev–Trinajstić information content (AvgIpc) is 3.16. The number of benzene rings is 1. The van der Waals surface area contributed by atoms with Crippen LogP contribution < -0.4 is 4.90 Å². The number of aromatic nitrogens is 1. The van der Waals surface area contributed by atoms with E-state index in [2.05, 4.69) is 57.7 Å². The minimum absolute atomic E-state index is 0.121. The zero-order valence-corrected chi connectivity index (χ0v) is 16.6. The molecule has 1 aliphatic rings. The van der Waals surface area contributed by atoms with Crippen molar-refractivity contribution in [2.75, 3.05) is 18.0 Å². The molecule has 24 heavy (non-hydrogen) atoms. The maximum Gasteiger partial charge on any atom is 0.0988 e. The van der Waals surface area contributed by atoms with E-state index in [0.29, 0.717) is 0 Å². The minimum atomic E-state index is 0.121. The fraction of sp³-hybridized carbons (Fsp3) is 0.571. The molecule has 3 heteroatoms. The van der Waals surface area contributed by atoms with E-state index in [1.54, 1.807) is 0 Å². The number of aryl methyl sites for hydroxylation is 2. The van der Waals surface area contributed by atoms with Gasteiger partial charge in [0.25, 0.3) is 0 Å². The molecule has 1 aromatic carbocycles. The van der Waals surface area contributed by atoms with Gasteiger partial charge in [0.2, 0.25) is 0 Å². The van der Waals surface area contributed by atoms with E-state index in [1.165, 1.54) is 64.7 Å². The van der Waals surface area contributed by atoms with Crippen molar-refractivity contribution >= 4 is 17.0 Å². The predicted molar refractivity (Wildman–Crippen MR) is 106 cm³/mol. The molecule has 0 radical (unpaired) electrons. The number of hydrogen-bond donors (Lipinski definition) is 0. The summed E-state index contributed by atoms with van der Waals surface area (Å²) in [6.07, 6.45) is 4.94. The Hall–Kier alpha value is -1.35. The third kappa shape index (κ3) is 3.51. The molecule has 0 spiro atoms. The van der Waals surface area contributed by atoms with Crippen LogP contribution in [0.3, 0.4) is 0 Å². The van der Waals surface area contributed by atoms with E-state index in [4.69, 9.17) is 4.98 Å². The van der Waals surface area contributed by atoms with Gasteiger partial charge in [0.1, 0.15) is 0 Å². The van der Waals surface area contributed by atoms with Crippen LogP contribution >= 0.6 is 11.3 Å². The molecule has 2 aromatic rings. The summed E-state index contributed by atoms with van der Waals surface area (Å²) in [7, 11) is 0. The molecular weight excluding hydrogens is 312 g/mol. The maximum absolute atomic E-state index is 5.04. The molecule has 130 valence electrons. The molecule has 0 N–H and O–H groups in total. The van der Waals surface area contributed by atoms with E-state index in [0.717, 1.165) is 6.42 Å². The molecule has 1 aromatic heterocycles. The van der Waals surface area contributed by atoms with Crippen LogP contribution in [0.1, 0.15) is 62.4 Å². The van der Waals surface area contributed by atoms with Crippen LogP contribution in [-0.2, 0) is 11.8 Å². The van der Waals surface area contributed by atoms with Gasteiger partial charge in [-0.25, -0.2) is 4.98 Å². The van der Waals surface area contributed by atoms with Gasteiger partial charge in [-0.2, -0.15) is 0 Å².